The lowest BCUT2D eigenvalue weighted by atomic mass is 10.0. The number of aryl methyl sites for hydroxylation is 1. The number of hydrogen-bond donors (Lipinski definition) is 1. The van der Waals surface area contributed by atoms with E-state index in [1.165, 1.54) is 18.5 Å². The van der Waals surface area contributed by atoms with Crippen molar-refractivity contribution >= 4 is 22.5 Å². The minimum atomic E-state index is -4.76. The fraction of sp³-hybridized carbons (Fsp3) is 0.154. The summed E-state index contributed by atoms with van der Waals surface area (Å²) in [6.07, 6.45) is -0.389. The number of para-hydroxylation sites is 1. The molecule has 0 saturated heterocycles. The Hall–Kier alpha value is -4.18. The molecule has 0 amide bonds. The van der Waals surface area contributed by atoms with E-state index in [1.807, 2.05) is 31.2 Å². The standard InChI is InChI=1S/C26H19ClF3N5O2/c1-15-12-17(21-8-10-32-34-21)16-4-2-6-23(24(16)33-15)37-14-18-20(27)7-9-31-22(18)13-35-11-3-5-19(25(35)36)26(28,29)30/h2-12H,13-14H2,1H3,(H,32,34). The van der Waals surface area contributed by atoms with Crippen molar-refractivity contribution < 1.29 is 17.9 Å². The number of ether oxygens (including phenoxy) is 1. The van der Waals surface area contributed by atoms with Crippen molar-refractivity contribution in [1.29, 1.82) is 0 Å². The van der Waals surface area contributed by atoms with E-state index in [1.54, 1.807) is 18.3 Å². The van der Waals surface area contributed by atoms with Crippen LogP contribution in [0.25, 0.3) is 22.2 Å². The number of fused-ring (bicyclic) bond motifs is 1. The molecule has 0 fully saturated rings. The zero-order valence-corrected chi connectivity index (χ0v) is 20.1. The number of aromatic nitrogens is 5. The maximum Gasteiger partial charge on any atom is 0.421 e. The minimum absolute atomic E-state index is 0.0379. The molecule has 7 nitrogen and oxygen atoms in total. The third kappa shape index (κ3) is 4.92. The van der Waals surface area contributed by atoms with Gasteiger partial charge in [0.1, 0.15) is 23.4 Å². The van der Waals surface area contributed by atoms with Crippen molar-refractivity contribution in [2.45, 2.75) is 26.3 Å². The zero-order chi connectivity index (χ0) is 26.2. The molecule has 0 bridgehead atoms. The van der Waals surface area contributed by atoms with Crippen LogP contribution in [-0.4, -0.2) is 24.7 Å². The van der Waals surface area contributed by atoms with Crippen molar-refractivity contribution in [2.24, 2.45) is 0 Å². The van der Waals surface area contributed by atoms with Crippen molar-refractivity contribution in [3.05, 3.63) is 105 Å². The maximum atomic E-state index is 13.2. The van der Waals surface area contributed by atoms with Gasteiger partial charge in [-0.3, -0.25) is 14.9 Å². The molecule has 11 heteroatoms. The van der Waals surface area contributed by atoms with Crippen molar-refractivity contribution in [3.63, 3.8) is 0 Å². The monoisotopic (exact) mass is 525 g/mol. The number of rotatable bonds is 6. The first-order chi connectivity index (χ1) is 17.7. The van der Waals surface area contributed by atoms with E-state index < -0.39 is 17.3 Å². The number of nitrogens with zero attached hydrogens (tertiary/aromatic N) is 4. The van der Waals surface area contributed by atoms with Gasteiger partial charge in [0, 0.05) is 40.8 Å². The Bertz CT molecular complexity index is 1650. The van der Waals surface area contributed by atoms with Crippen molar-refractivity contribution in [1.82, 2.24) is 24.7 Å². The summed E-state index contributed by atoms with van der Waals surface area (Å²) in [5.74, 6) is 0.490. The van der Waals surface area contributed by atoms with Crippen LogP contribution >= 0.6 is 11.6 Å². The summed E-state index contributed by atoms with van der Waals surface area (Å²) < 4.78 is 46.7. The summed E-state index contributed by atoms with van der Waals surface area (Å²) >= 11 is 6.43. The molecule has 1 N–H and O–H groups in total. The molecule has 5 rings (SSSR count). The van der Waals surface area contributed by atoms with Crippen molar-refractivity contribution in [2.75, 3.05) is 0 Å². The van der Waals surface area contributed by atoms with Gasteiger partial charge in [0.25, 0.3) is 5.56 Å². The van der Waals surface area contributed by atoms with Gasteiger partial charge in [-0.1, -0.05) is 23.7 Å². The van der Waals surface area contributed by atoms with Crippen LogP contribution in [0.5, 0.6) is 5.75 Å². The molecule has 0 atom stereocenters. The molecule has 0 aliphatic carbocycles. The summed E-state index contributed by atoms with van der Waals surface area (Å²) in [6, 6.07) is 12.8. The Balaban J connectivity index is 1.49. The normalized spacial score (nSPS) is 11.7. The molecule has 0 radical (unpaired) electrons. The summed E-state index contributed by atoms with van der Waals surface area (Å²) in [4.78, 5) is 21.4. The quantitative estimate of drug-likeness (QED) is 0.303. The van der Waals surface area contributed by atoms with Gasteiger partial charge in [0.05, 0.1) is 23.0 Å². The Morgan fingerprint density at radius 2 is 1.95 bits per heavy atom. The van der Waals surface area contributed by atoms with E-state index in [4.69, 9.17) is 16.3 Å². The number of benzene rings is 1. The van der Waals surface area contributed by atoms with Crippen LogP contribution in [0.15, 0.2) is 71.9 Å². The van der Waals surface area contributed by atoms with Crippen LogP contribution in [0.3, 0.4) is 0 Å². The number of pyridine rings is 3. The van der Waals surface area contributed by atoms with E-state index in [0.29, 0.717) is 27.5 Å². The average molecular weight is 526 g/mol. The molecule has 1 aromatic carbocycles. The fourth-order valence-electron chi connectivity index (χ4n) is 4.08. The topological polar surface area (TPSA) is 85.7 Å². The smallest absolute Gasteiger partial charge is 0.421 e. The van der Waals surface area contributed by atoms with E-state index in [2.05, 4.69) is 20.2 Å². The predicted molar refractivity (Wildman–Crippen MR) is 132 cm³/mol. The lowest BCUT2D eigenvalue weighted by molar-refractivity contribution is -0.138. The molecule has 5 aromatic rings. The van der Waals surface area contributed by atoms with Crippen LogP contribution in [0.1, 0.15) is 22.5 Å². The SMILES string of the molecule is Cc1cc(-c2ccn[nH]2)c2cccc(OCc3c(Cl)ccnc3Cn3cccc(C(F)(F)F)c3=O)c2n1. The Labute approximate surface area is 213 Å². The maximum absolute atomic E-state index is 13.2. The lowest BCUT2D eigenvalue weighted by Crippen LogP contribution is -2.28. The van der Waals surface area contributed by atoms with Crippen molar-refractivity contribution in [3.8, 4) is 17.0 Å². The molecule has 37 heavy (non-hydrogen) atoms. The highest BCUT2D eigenvalue weighted by Crippen LogP contribution is 2.33. The van der Waals surface area contributed by atoms with E-state index >= 15 is 0 Å². The summed E-state index contributed by atoms with van der Waals surface area (Å²) in [7, 11) is 0. The third-order valence-electron chi connectivity index (χ3n) is 5.83. The lowest BCUT2D eigenvalue weighted by Gasteiger charge is -2.15. The van der Waals surface area contributed by atoms with E-state index in [9.17, 15) is 18.0 Å². The van der Waals surface area contributed by atoms with Gasteiger partial charge in [-0.15, -0.1) is 0 Å². The van der Waals surface area contributed by atoms with Gasteiger partial charge in [-0.2, -0.15) is 18.3 Å². The first kappa shape index (κ1) is 24.5. The molecule has 0 spiro atoms. The van der Waals surface area contributed by atoms with Crippen LogP contribution in [0.4, 0.5) is 13.2 Å². The third-order valence-corrected chi connectivity index (χ3v) is 6.18. The molecule has 0 unspecified atom stereocenters. The highest BCUT2D eigenvalue weighted by Gasteiger charge is 2.34. The zero-order valence-electron chi connectivity index (χ0n) is 19.4. The fourth-order valence-corrected chi connectivity index (χ4v) is 4.30. The van der Waals surface area contributed by atoms with Crippen LogP contribution in [-0.2, 0) is 19.3 Å². The first-order valence-electron chi connectivity index (χ1n) is 11.1. The highest BCUT2D eigenvalue weighted by atomic mass is 35.5. The van der Waals surface area contributed by atoms with Gasteiger partial charge in [-0.25, -0.2) is 4.98 Å². The van der Waals surface area contributed by atoms with Crippen LogP contribution < -0.4 is 10.3 Å². The molecule has 0 aliphatic rings. The number of alkyl halides is 3. The molecule has 0 saturated carbocycles. The molecular formula is C26H19ClF3N5O2. The Morgan fingerprint density at radius 3 is 2.70 bits per heavy atom. The van der Waals surface area contributed by atoms with Gasteiger partial charge in [0.2, 0.25) is 0 Å². The highest BCUT2D eigenvalue weighted by molar-refractivity contribution is 6.31. The number of nitrogens with one attached hydrogen (secondary N) is 1. The second-order valence-electron chi connectivity index (χ2n) is 8.29. The minimum Gasteiger partial charge on any atom is -0.486 e. The second kappa shape index (κ2) is 9.70. The first-order valence-corrected chi connectivity index (χ1v) is 11.5. The number of aromatic amines is 1. The van der Waals surface area contributed by atoms with E-state index in [0.717, 1.165) is 33.0 Å². The van der Waals surface area contributed by atoms with Crippen LogP contribution in [0.2, 0.25) is 5.02 Å². The molecule has 4 heterocycles. The Kier molecular flexibility index (Phi) is 6.43. The average Bonchev–Trinajstić information content (AvgIpc) is 3.39. The number of halogens is 4. The summed E-state index contributed by atoms with van der Waals surface area (Å²) in [6.45, 7) is 1.63. The van der Waals surface area contributed by atoms with Crippen LogP contribution in [0, 0.1) is 6.92 Å². The van der Waals surface area contributed by atoms with Gasteiger partial charge < -0.3 is 9.30 Å². The van der Waals surface area contributed by atoms with Gasteiger partial charge in [0.15, 0.2) is 0 Å². The summed E-state index contributed by atoms with van der Waals surface area (Å²) in [5.41, 5.74) is 1.50. The Morgan fingerprint density at radius 1 is 1.11 bits per heavy atom. The predicted octanol–water partition coefficient (Wildman–Crippen LogP) is 5.79. The largest absolute Gasteiger partial charge is 0.486 e. The molecular weight excluding hydrogens is 507 g/mol. The number of hydrogen-bond acceptors (Lipinski definition) is 5. The summed E-state index contributed by atoms with van der Waals surface area (Å²) in [5, 5.41) is 8.15. The van der Waals surface area contributed by atoms with Gasteiger partial charge >= 0.3 is 6.18 Å². The molecule has 188 valence electrons. The second-order valence-corrected chi connectivity index (χ2v) is 8.70. The van der Waals surface area contributed by atoms with Gasteiger partial charge in [-0.05, 0) is 43.3 Å². The molecule has 4 aromatic heterocycles. The van der Waals surface area contributed by atoms with E-state index in [-0.39, 0.29) is 13.2 Å². The molecule has 0 aliphatic heterocycles. The number of H-pyrrole nitrogens is 1.